The van der Waals surface area contributed by atoms with Crippen molar-refractivity contribution < 1.29 is 24.5 Å². The quantitative estimate of drug-likeness (QED) is 0.496. The first-order valence-electron chi connectivity index (χ1n) is 6.34. The van der Waals surface area contributed by atoms with Crippen molar-refractivity contribution in [2.24, 2.45) is 5.41 Å². The van der Waals surface area contributed by atoms with Gasteiger partial charge in [-0.05, 0) is 31.6 Å². The Hall–Kier alpha value is -1.34. The van der Waals surface area contributed by atoms with Gasteiger partial charge in [-0.15, -0.1) is 0 Å². The van der Waals surface area contributed by atoms with Gasteiger partial charge in [-0.1, -0.05) is 0 Å². The van der Waals surface area contributed by atoms with E-state index in [2.05, 4.69) is 10.6 Å². The largest absolute Gasteiger partial charge is 0.480 e. The van der Waals surface area contributed by atoms with Crippen LogP contribution in [0.5, 0.6) is 0 Å². The van der Waals surface area contributed by atoms with Crippen LogP contribution in [0, 0.1) is 5.41 Å². The molecule has 4 N–H and O–H groups in total. The van der Waals surface area contributed by atoms with Crippen molar-refractivity contribution >= 4 is 12.0 Å². The van der Waals surface area contributed by atoms with E-state index in [0.717, 1.165) is 19.3 Å². The van der Waals surface area contributed by atoms with E-state index in [-0.39, 0.29) is 5.41 Å². The summed E-state index contributed by atoms with van der Waals surface area (Å²) in [5.41, 5.74) is 0.0941. The predicted octanol–water partition coefficient (Wildman–Crippen LogP) is -0.0637. The first kappa shape index (κ1) is 15.7. The van der Waals surface area contributed by atoms with Crippen LogP contribution in [-0.2, 0) is 9.53 Å². The number of amides is 2. The zero-order chi connectivity index (χ0) is 14.5. The summed E-state index contributed by atoms with van der Waals surface area (Å²) in [6.45, 7) is 2.46. The van der Waals surface area contributed by atoms with Crippen molar-refractivity contribution in [2.45, 2.75) is 38.3 Å². The van der Waals surface area contributed by atoms with Gasteiger partial charge in [0.05, 0.1) is 6.10 Å². The highest BCUT2D eigenvalue weighted by atomic mass is 16.5. The number of urea groups is 1. The predicted molar refractivity (Wildman–Crippen MR) is 67.8 cm³/mol. The van der Waals surface area contributed by atoms with Crippen LogP contribution in [0.3, 0.4) is 0 Å². The standard InChI is InChI=1S/C12H22N2O5/c1-8(15)9(10(16)17)14-11(18)13-7-12(3-4-12)5-6-19-2/h8-9,15H,3-7H2,1-2H3,(H,16,17)(H2,13,14,18)/t8-,9+/m1/s1. The lowest BCUT2D eigenvalue weighted by Gasteiger charge is -2.19. The maximum Gasteiger partial charge on any atom is 0.328 e. The summed E-state index contributed by atoms with van der Waals surface area (Å²) in [4.78, 5) is 22.4. The van der Waals surface area contributed by atoms with Crippen molar-refractivity contribution in [3.63, 3.8) is 0 Å². The van der Waals surface area contributed by atoms with Gasteiger partial charge in [0, 0.05) is 20.3 Å². The Morgan fingerprint density at radius 2 is 2.05 bits per heavy atom. The Bertz CT molecular complexity index is 328. The number of aliphatic carboxylic acids is 1. The van der Waals surface area contributed by atoms with E-state index in [0.29, 0.717) is 13.2 Å². The van der Waals surface area contributed by atoms with Gasteiger partial charge in [-0.25, -0.2) is 9.59 Å². The lowest BCUT2D eigenvalue weighted by molar-refractivity contribution is -0.141. The van der Waals surface area contributed by atoms with Crippen LogP contribution >= 0.6 is 0 Å². The van der Waals surface area contributed by atoms with Crippen LogP contribution in [-0.4, -0.2) is 54.6 Å². The molecule has 2 atom stereocenters. The van der Waals surface area contributed by atoms with E-state index >= 15 is 0 Å². The SMILES string of the molecule is COCCC1(CNC(=O)N[C@H](C(=O)O)[C@@H](C)O)CC1. The van der Waals surface area contributed by atoms with Crippen molar-refractivity contribution in [2.75, 3.05) is 20.3 Å². The Balaban J connectivity index is 2.33. The molecule has 1 rings (SSSR count). The van der Waals surface area contributed by atoms with Gasteiger partial charge < -0.3 is 25.6 Å². The highest BCUT2D eigenvalue weighted by Gasteiger charge is 2.42. The minimum Gasteiger partial charge on any atom is -0.480 e. The molecule has 0 aromatic rings. The van der Waals surface area contributed by atoms with E-state index in [4.69, 9.17) is 9.84 Å². The molecule has 0 aliphatic heterocycles. The normalized spacial score (nSPS) is 19.3. The van der Waals surface area contributed by atoms with E-state index < -0.39 is 24.1 Å². The van der Waals surface area contributed by atoms with Crippen LogP contribution < -0.4 is 10.6 Å². The second-order valence-electron chi connectivity index (χ2n) is 5.13. The molecule has 0 bridgehead atoms. The average molecular weight is 274 g/mol. The number of carboxylic acid groups (broad SMARTS) is 1. The molecule has 0 aromatic heterocycles. The minimum absolute atomic E-state index is 0.0941. The van der Waals surface area contributed by atoms with Crippen LogP contribution in [0.15, 0.2) is 0 Å². The maximum atomic E-state index is 11.6. The molecule has 1 fully saturated rings. The molecule has 0 heterocycles. The smallest absolute Gasteiger partial charge is 0.328 e. The zero-order valence-corrected chi connectivity index (χ0v) is 11.3. The summed E-state index contributed by atoms with van der Waals surface area (Å²) in [5, 5.41) is 23.0. The van der Waals surface area contributed by atoms with Crippen LogP contribution in [0.2, 0.25) is 0 Å². The van der Waals surface area contributed by atoms with Gasteiger partial charge in [0.2, 0.25) is 0 Å². The van der Waals surface area contributed by atoms with Gasteiger partial charge >= 0.3 is 12.0 Å². The molecule has 0 spiro atoms. The summed E-state index contributed by atoms with van der Waals surface area (Å²) >= 11 is 0. The van der Waals surface area contributed by atoms with Crippen molar-refractivity contribution in [3.05, 3.63) is 0 Å². The maximum absolute atomic E-state index is 11.6. The van der Waals surface area contributed by atoms with Crippen LogP contribution in [0.25, 0.3) is 0 Å². The monoisotopic (exact) mass is 274 g/mol. The van der Waals surface area contributed by atoms with Crippen LogP contribution in [0.1, 0.15) is 26.2 Å². The fourth-order valence-electron chi connectivity index (χ4n) is 1.86. The van der Waals surface area contributed by atoms with E-state index in [1.165, 1.54) is 6.92 Å². The number of carbonyl (C=O) groups is 2. The molecule has 1 saturated carbocycles. The number of aliphatic hydroxyl groups is 1. The molecule has 19 heavy (non-hydrogen) atoms. The second-order valence-corrected chi connectivity index (χ2v) is 5.13. The number of carbonyl (C=O) groups excluding carboxylic acids is 1. The van der Waals surface area contributed by atoms with Crippen LogP contribution in [0.4, 0.5) is 4.79 Å². The first-order chi connectivity index (χ1) is 8.90. The number of nitrogens with one attached hydrogen (secondary N) is 2. The van der Waals surface area contributed by atoms with Crippen molar-refractivity contribution in [3.8, 4) is 0 Å². The number of hydrogen-bond donors (Lipinski definition) is 4. The number of hydrogen-bond acceptors (Lipinski definition) is 4. The van der Waals surface area contributed by atoms with E-state index in [9.17, 15) is 14.7 Å². The summed E-state index contributed by atoms with van der Waals surface area (Å²) in [6.07, 6.45) is 1.81. The Labute approximate surface area is 112 Å². The average Bonchev–Trinajstić information content (AvgIpc) is 3.11. The number of ether oxygens (including phenoxy) is 1. The summed E-state index contributed by atoms with van der Waals surface area (Å²) in [6, 6.07) is -1.87. The second kappa shape index (κ2) is 6.72. The Kier molecular flexibility index (Phi) is 5.56. The fraction of sp³-hybridized carbons (Fsp3) is 0.833. The number of aliphatic hydroxyl groups excluding tert-OH is 1. The zero-order valence-electron chi connectivity index (χ0n) is 11.3. The third-order valence-corrected chi connectivity index (χ3v) is 3.45. The molecular weight excluding hydrogens is 252 g/mol. The van der Waals surface area contributed by atoms with E-state index in [1.54, 1.807) is 7.11 Å². The summed E-state index contributed by atoms with van der Waals surface area (Å²) in [5.74, 6) is -1.26. The molecular formula is C12H22N2O5. The number of carboxylic acids is 1. The highest BCUT2D eigenvalue weighted by molar-refractivity contribution is 5.82. The molecule has 7 heteroatoms. The van der Waals surface area contributed by atoms with Gasteiger partial charge in [-0.3, -0.25) is 0 Å². The lowest BCUT2D eigenvalue weighted by atomic mass is 10.0. The number of methoxy groups -OCH3 is 1. The summed E-state index contributed by atoms with van der Waals surface area (Å²) < 4.78 is 5.01. The Morgan fingerprint density at radius 1 is 1.42 bits per heavy atom. The molecule has 2 amide bonds. The molecule has 0 saturated heterocycles. The third kappa shape index (κ3) is 5.04. The Morgan fingerprint density at radius 3 is 2.47 bits per heavy atom. The third-order valence-electron chi connectivity index (χ3n) is 3.45. The summed E-state index contributed by atoms with van der Waals surface area (Å²) in [7, 11) is 1.64. The van der Waals surface area contributed by atoms with Crippen molar-refractivity contribution in [1.82, 2.24) is 10.6 Å². The van der Waals surface area contributed by atoms with E-state index in [1.807, 2.05) is 0 Å². The molecule has 0 unspecified atom stereocenters. The van der Waals surface area contributed by atoms with Gasteiger partial charge in [0.1, 0.15) is 0 Å². The first-order valence-corrected chi connectivity index (χ1v) is 6.34. The van der Waals surface area contributed by atoms with Crippen molar-refractivity contribution in [1.29, 1.82) is 0 Å². The molecule has 7 nitrogen and oxygen atoms in total. The van der Waals surface area contributed by atoms with Gasteiger partial charge in [-0.2, -0.15) is 0 Å². The topological polar surface area (TPSA) is 108 Å². The van der Waals surface area contributed by atoms with Gasteiger partial charge in [0.25, 0.3) is 0 Å². The molecule has 110 valence electrons. The highest BCUT2D eigenvalue weighted by Crippen LogP contribution is 2.48. The molecule has 0 aromatic carbocycles. The number of rotatable bonds is 8. The molecule has 1 aliphatic carbocycles. The minimum atomic E-state index is -1.30. The molecule has 0 radical (unpaired) electrons. The lowest BCUT2D eigenvalue weighted by Crippen LogP contribution is -2.51. The van der Waals surface area contributed by atoms with Gasteiger partial charge in [0.15, 0.2) is 6.04 Å². The fourth-order valence-corrected chi connectivity index (χ4v) is 1.86. The molecule has 1 aliphatic rings.